The van der Waals surface area contributed by atoms with Crippen LogP contribution in [-0.2, 0) is 21.9 Å². The lowest BCUT2D eigenvalue weighted by molar-refractivity contribution is -0.385. The molecule has 2 aliphatic heterocycles. The molecule has 0 amide bonds. The number of nitro benzene ring substituents is 1. The summed E-state index contributed by atoms with van der Waals surface area (Å²) in [5, 5.41) is 11.3. The zero-order chi connectivity index (χ0) is 21.5. The molecule has 0 atom stereocenters. The van der Waals surface area contributed by atoms with Crippen molar-refractivity contribution >= 4 is 13.4 Å². The minimum absolute atomic E-state index is 0.0167. The molecule has 30 heavy (non-hydrogen) atoms. The highest BCUT2D eigenvalue weighted by molar-refractivity contribution is 7.54. The van der Waals surface area contributed by atoms with E-state index in [0.717, 1.165) is 24.3 Å². The summed E-state index contributed by atoms with van der Waals surface area (Å²) in [5.41, 5.74) is -0.711. The van der Waals surface area contributed by atoms with Crippen LogP contribution in [0.3, 0.4) is 0 Å². The standard InChI is InChI=1S/C18H17F3N3O5P/c19-18(20,21)14-2-4-15(5-3-14)29-17-11-13(1-6-16(17)24(25)26)12-28-30(27,22-7-8-22)23-9-10-23/h1-6,11H,7-10,12H2. The van der Waals surface area contributed by atoms with Gasteiger partial charge in [0.25, 0.3) is 0 Å². The quantitative estimate of drug-likeness (QED) is 0.254. The number of hydrogen-bond acceptors (Lipinski definition) is 5. The van der Waals surface area contributed by atoms with Crippen LogP contribution in [0.15, 0.2) is 42.5 Å². The van der Waals surface area contributed by atoms with Gasteiger partial charge in [0.2, 0.25) is 5.75 Å². The Hall–Kier alpha value is -2.46. The van der Waals surface area contributed by atoms with Gasteiger partial charge in [-0.15, -0.1) is 0 Å². The molecular formula is C18H17F3N3O5P. The highest BCUT2D eigenvalue weighted by Gasteiger charge is 2.49. The van der Waals surface area contributed by atoms with Crippen molar-refractivity contribution in [2.24, 2.45) is 0 Å². The average molecular weight is 443 g/mol. The van der Waals surface area contributed by atoms with E-state index in [1.54, 1.807) is 9.34 Å². The van der Waals surface area contributed by atoms with Gasteiger partial charge in [-0.05, 0) is 42.0 Å². The number of nitrogens with zero attached hydrogens (tertiary/aromatic N) is 3. The number of alkyl halides is 3. The van der Waals surface area contributed by atoms with Crippen molar-refractivity contribution in [3.05, 3.63) is 63.7 Å². The molecule has 4 rings (SSSR count). The molecule has 2 heterocycles. The molecule has 2 saturated heterocycles. The topological polar surface area (TPSA) is 84.7 Å². The second-order valence-electron chi connectivity index (χ2n) is 6.85. The number of halogens is 3. The molecule has 12 heteroatoms. The molecule has 0 aromatic heterocycles. The molecule has 0 unspecified atom stereocenters. The Bertz CT molecular complexity index is 991. The van der Waals surface area contributed by atoms with E-state index < -0.39 is 24.3 Å². The third-order valence-electron chi connectivity index (χ3n) is 4.59. The minimum atomic E-state index is -4.50. The molecule has 2 aliphatic rings. The maximum Gasteiger partial charge on any atom is 0.416 e. The van der Waals surface area contributed by atoms with Crippen molar-refractivity contribution in [3.63, 3.8) is 0 Å². The van der Waals surface area contributed by atoms with Crippen LogP contribution in [0.1, 0.15) is 11.1 Å². The van der Waals surface area contributed by atoms with Crippen molar-refractivity contribution in [1.82, 2.24) is 9.34 Å². The first kappa shape index (κ1) is 20.8. The van der Waals surface area contributed by atoms with E-state index in [-0.39, 0.29) is 23.8 Å². The van der Waals surface area contributed by atoms with Crippen molar-refractivity contribution in [1.29, 1.82) is 0 Å². The van der Waals surface area contributed by atoms with Crippen LogP contribution < -0.4 is 4.74 Å². The summed E-state index contributed by atoms with van der Waals surface area (Å²) in [4.78, 5) is 10.7. The highest BCUT2D eigenvalue weighted by atomic mass is 31.2. The van der Waals surface area contributed by atoms with Crippen LogP contribution in [0, 0.1) is 10.1 Å². The summed E-state index contributed by atoms with van der Waals surface area (Å²) in [5.74, 6) is -0.128. The molecule has 0 bridgehead atoms. The Morgan fingerprint density at radius 2 is 1.63 bits per heavy atom. The molecule has 2 aromatic rings. The fourth-order valence-corrected chi connectivity index (χ4v) is 5.01. The molecule has 2 fully saturated rings. The second kappa shape index (κ2) is 7.66. The smallest absolute Gasteiger partial charge is 0.416 e. The van der Waals surface area contributed by atoms with Crippen molar-refractivity contribution in [2.75, 3.05) is 26.2 Å². The van der Waals surface area contributed by atoms with Crippen LogP contribution in [0.2, 0.25) is 0 Å². The van der Waals surface area contributed by atoms with Crippen LogP contribution in [-0.4, -0.2) is 40.4 Å². The SMILES string of the molecule is O=[N+]([O-])c1ccc(COP(=O)(N2CC2)N2CC2)cc1Oc1ccc(C(F)(F)F)cc1. The maximum absolute atomic E-state index is 13.0. The first-order valence-corrected chi connectivity index (χ1v) is 10.6. The third kappa shape index (κ3) is 4.49. The summed E-state index contributed by atoms with van der Waals surface area (Å²) in [7, 11) is -3.06. The summed E-state index contributed by atoms with van der Waals surface area (Å²) >= 11 is 0. The Morgan fingerprint density at radius 3 is 2.13 bits per heavy atom. The summed E-state index contributed by atoms with van der Waals surface area (Å²) in [6, 6.07) is 7.89. The molecule has 0 spiro atoms. The van der Waals surface area contributed by atoms with E-state index >= 15 is 0 Å². The Labute approximate surface area is 169 Å². The summed E-state index contributed by atoms with van der Waals surface area (Å²) < 4.78 is 65.7. The zero-order valence-electron chi connectivity index (χ0n) is 15.5. The number of benzene rings is 2. The van der Waals surface area contributed by atoms with Crippen LogP contribution >= 0.6 is 7.67 Å². The zero-order valence-corrected chi connectivity index (χ0v) is 16.4. The Kier molecular flexibility index (Phi) is 5.31. The van der Waals surface area contributed by atoms with Gasteiger partial charge in [0.05, 0.1) is 17.1 Å². The lowest BCUT2D eigenvalue weighted by Gasteiger charge is -2.19. The van der Waals surface area contributed by atoms with E-state index in [9.17, 15) is 27.9 Å². The molecule has 0 N–H and O–H groups in total. The maximum atomic E-state index is 13.0. The molecule has 160 valence electrons. The number of ether oxygens (including phenoxy) is 1. The van der Waals surface area contributed by atoms with E-state index in [2.05, 4.69) is 0 Å². The van der Waals surface area contributed by atoms with Crippen molar-refractivity contribution < 1.29 is 31.9 Å². The first-order chi connectivity index (χ1) is 14.2. The number of rotatable bonds is 8. The highest BCUT2D eigenvalue weighted by Crippen LogP contribution is 2.61. The molecule has 0 saturated carbocycles. The first-order valence-electron chi connectivity index (χ1n) is 9.05. The van der Waals surface area contributed by atoms with Gasteiger partial charge in [0, 0.05) is 32.2 Å². The van der Waals surface area contributed by atoms with Gasteiger partial charge in [0.1, 0.15) is 5.75 Å². The monoisotopic (exact) mass is 443 g/mol. The fourth-order valence-electron chi connectivity index (χ4n) is 2.82. The number of nitro groups is 1. The van der Waals surface area contributed by atoms with Crippen molar-refractivity contribution in [3.8, 4) is 11.5 Å². The Balaban J connectivity index is 1.53. The predicted molar refractivity (Wildman–Crippen MR) is 100 cm³/mol. The lowest BCUT2D eigenvalue weighted by Crippen LogP contribution is -2.08. The van der Waals surface area contributed by atoms with Crippen LogP contribution in [0.4, 0.5) is 18.9 Å². The van der Waals surface area contributed by atoms with Gasteiger partial charge in [-0.2, -0.15) is 13.2 Å². The fraction of sp³-hybridized carbons (Fsp3) is 0.333. The molecule has 0 aliphatic carbocycles. The largest absolute Gasteiger partial charge is 0.450 e. The van der Waals surface area contributed by atoms with Crippen LogP contribution in [0.25, 0.3) is 0 Å². The van der Waals surface area contributed by atoms with E-state index in [0.29, 0.717) is 31.7 Å². The van der Waals surface area contributed by atoms with Gasteiger partial charge in [-0.25, -0.2) is 9.34 Å². The minimum Gasteiger partial charge on any atom is -0.450 e. The third-order valence-corrected chi connectivity index (χ3v) is 7.29. The lowest BCUT2D eigenvalue weighted by atomic mass is 10.2. The van der Waals surface area contributed by atoms with E-state index in [1.807, 2.05) is 0 Å². The van der Waals surface area contributed by atoms with Gasteiger partial charge in [-0.1, -0.05) is 0 Å². The van der Waals surface area contributed by atoms with E-state index in [1.165, 1.54) is 18.2 Å². The summed E-state index contributed by atoms with van der Waals surface area (Å²) in [6.45, 7) is 2.71. The van der Waals surface area contributed by atoms with Gasteiger partial charge in [-0.3, -0.25) is 14.7 Å². The van der Waals surface area contributed by atoms with Gasteiger partial charge in [0.15, 0.2) is 0 Å². The van der Waals surface area contributed by atoms with E-state index in [4.69, 9.17) is 9.26 Å². The molecule has 0 radical (unpaired) electrons. The number of hydrogen-bond donors (Lipinski definition) is 0. The van der Waals surface area contributed by atoms with Gasteiger partial charge >= 0.3 is 19.5 Å². The molecule has 2 aromatic carbocycles. The summed E-state index contributed by atoms with van der Waals surface area (Å²) in [6.07, 6.45) is -4.50. The molecule has 8 nitrogen and oxygen atoms in total. The predicted octanol–water partition coefficient (Wildman–Crippen LogP) is 4.66. The average Bonchev–Trinajstić information content (AvgIpc) is 3.57. The van der Waals surface area contributed by atoms with Crippen LogP contribution in [0.5, 0.6) is 11.5 Å². The van der Waals surface area contributed by atoms with Crippen molar-refractivity contribution in [2.45, 2.75) is 12.8 Å². The molecular weight excluding hydrogens is 426 g/mol. The van der Waals surface area contributed by atoms with Gasteiger partial charge < -0.3 is 9.26 Å². The second-order valence-corrected chi connectivity index (χ2v) is 9.23. The Morgan fingerprint density at radius 1 is 1.03 bits per heavy atom. The normalized spacial score (nSPS) is 17.0.